The van der Waals surface area contributed by atoms with Crippen LogP contribution in [0.2, 0.25) is 0 Å². The van der Waals surface area contributed by atoms with Crippen LogP contribution in [0.3, 0.4) is 0 Å². The molecule has 4 fully saturated rings. The van der Waals surface area contributed by atoms with E-state index in [1.54, 1.807) is 0 Å². The van der Waals surface area contributed by atoms with Gasteiger partial charge in [0.05, 0.1) is 13.2 Å². The Morgan fingerprint density at radius 2 is 1.87 bits per heavy atom. The van der Waals surface area contributed by atoms with Crippen LogP contribution in [0.15, 0.2) is 0 Å². The van der Waals surface area contributed by atoms with Gasteiger partial charge in [-0.15, -0.1) is 0 Å². The van der Waals surface area contributed by atoms with Gasteiger partial charge in [0.15, 0.2) is 5.79 Å². The zero-order valence-electron chi connectivity index (χ0n) is 14.3. The summed E-state index contributed by atoms with van der Waals surface area (Å²) in [5, 5.41) is 3.25. The van der Waals surface area contributed by atoms with Gasteiger partial charge in [-0.3, -0.25) is 0 Å². The lowest BCUT2D eigenvalue weighted by Crippen LogP contribution is -2.53. The molecule has 130 valence electrons. The lowest BCUT2D eigenvalue weighted by atomic mass is 9.65. The summed E-state index contributed by atoms with van der Waals surface area (Å²) in [7, 11) is 0. The standard InChI is InChI=1S/C18H30N2O3/c1-17(22-10-11-23-17)15-4-2-9-20(12-15)16(21)19-13-18(7-3-8-18)14-5-6-14/h14-15H,2-13H2,1H3,(H,19,21)/t15-/m1/s1. The summed E-state index contributed by atoms with van der Waals surface area (Å²) in [6.07, 6.45) is 8.80. The van der Waals surface area contributed by atoms with Crippen LogP contribution < -0.4 is 5.32 Å². The van der Waals surface area contributed by atoms with Crippen LogP contribution in [0.5, 0.6) is 0 Å². The maximum atomic E-state index is 12.6. The number of ether oxygens (including phenoxy) is 2. The Hall–Kier alpha value is -0.810. The number of likely N-dealkylation sites (tertiary alicyclic amines) is 1. The summed E-state index contributed by atoms with van der Waals surface area (Å²) in [5.41, 5.74) is 0.439. The fourth-order valence-electron chi connectivity index (χ4n) is 4.78. The average molecular weight is 322 g/mol. The number of hydrogen-bond donors (Lipinski definition) is 1. The predicted molar refractivity (Wildman–Crippen MR) is 87.0 cm³/mol. The number of urea groups is 1. The van der Waals surface area contributed by atoms with E-state index in [2.05, 4.69) is 5.32 Å². The van der Waals surface area contributed by atoms with Gasteiger partial charge in [-0.1, -0.05) is 6.42 Å². The van der Waals surface area contributed by atoms with Crippen molar-refractivity contribution in [1.82, 2.24) is 10.2 Å². The highest BCUT2D eigenvalue weighted by molar-refractivity contribution is 5.74. The molecule has 0 unspecified atom stereocenters. The molecule has 2 amide bonds. The summed E-state index contributed by atoms with van der Waals surface area (Å²) >= 11 is 0. The molecule has 0 aromatic carbocycles. The van der Waals surface area contributed by atoms with Crippen LogP contribution in [-0.4, -0.2) is 49.6 Å². The van der Waals surface area contributed by atoms with E-state index in [0.29, 0.717) is 18.6 Å². The second kappa shape index (κ2) is 5.92. The van der Waals surface area contributed by atoms with E-state index in [1.165, 1.54) is 32.1 Å². The molecule has 2 heterocycles. The summed E-state index contributed by atoms with van der Waals surface area (Å²) in [6, 6.07) is 0.114. The molecule has 0 aromatic heterocycles. The molecule has 0 aromatic rings. The van der Waals surface area contributed by atoms with Gasteiger partial charge in [0.25, 0.3) is 0 Å². The van der Waals surface area contributed by atoms with Gasteiger partial charge in [0.2, 0.25) is 0 Å². The number of nitrogens with zero attached hydrogens (tertiary/aromatic N) is 1. The van der Waals surface area contributed by atoms with Crippen molar-refractivity contribution >= 4 is 6.03 Å². The van der Waals surface area contributed by atoms with Crippen LogP contribution in [0, 0.1) is 17.3 Å². The van der Waals surface area contributed by atoms with Gasteiger partial charge < -0.3 is 19.7 Å². The maximum Gasteiger partial charge on any atom is 0.317 e. The second-order valence-electron chi connectivity index (χ2n) is 8.15. The summed E-state index contributed by atoms with van der Waals surface area (Å²) in [6.45, 7) is 5.85. The van der Waals surface area contributed by atoms with Crippen LogP contribution in [-0.2, 0) is 9.47 Å². The van der Waals surface area contributed by atoms with Crippen LogP contribution in [0.4, 0.5) is 4.79 Å². The lowest BCUT2D eigenvalue weighted by molar-refractivity contribution is -0.189. The maximum absolute atomic E-state index is 12.6. The predicted octanol–water partition coefficient (Wildman–Crippen LogP) is 2.75. The van der Waals surface area contributed by atoms with Gasteiger partial charge >= 0.3 is 6.03 Å². The molecule has 2 aliphatic carbocycles. The van der Waals surface area contributed by atoms with Crippen LogP contribution in [0.25, 0.3) is 0 Å². The summed E-state index contributed by atoms with van der Waals surface area (Å²) < 4.78 is 11.6. The average Bonchev–Trinajstić information content (AvgIpc) is 3.27. The highest BCUT2D eigenvalue weighted by Gasteiger charge is 2.49. The Labute approximate surface area is 139 Å². The molecule has 0 bridgehead atoms. The van der Waals surface area contributed by atoms with Crippen molar-refractivity contribution in [2.75, 3.05) is 32.8 Å². The Balaban J connectivity index is 1.31. The van der Waals surface area contributed by atoms with Crippen molar-refractivity contribution in [2.45, 2.75) is 57.7 Å². The van der Waals surface area contributed by atoms with Gasteiger partial charge in [-0.2, -0.15) is 0 Å². The highest BCUT2D eigenvalue weighted by Crippen LogP contribution is 2.56. The first-order valence-corrected chi connectivity index (χ1v) is 9.42. The molecule has 5 heteroatoms. The van der Waals surface area contributed by atoms with E-state index in [0.717, 1.165) is 38.4 Å². The summed E-state index contributed by atoms with van der Waals surface area (Å²) in [5.74, 6) is 0.665. The van der Waals surface area contributed by atoms with Crippen molar-refractivity contribution in [3.05, 3.63) is 0 Å². The van der Waals surface area contributed by atoms with Crippen LogP contribution >= 0.6 is 0 Å². The molecule has 2 saturated carbocycles. The fourth-order valence-corrected chi connectivity index (χ4v) is 4.78. The largest absolute Gasteiger partial charge is 0.347 e. The number of rotatable bonds is 4. The second-order valence-corrected chi connectivity index (χ2v) is 8.15. The number of carbonyl (C=O) groups is 1. The SMILES string of the molecule is CC1([C@@H]2CCCN(C(=O)NCC3(C4CC4)CCC3)C2)OCCO1. The van der Waals surface area contributed by atoms with E-state index in [1.807, 2.05) is 11.8 Å². The molecule has 2 aliphatic heterocycles. The molecule has 23 heavy (non-hydrogen) atoms. The third kappa shape index (κ3) is 2.98. The molecule has 5 nitrogen and oxygen atoms in total. The molecule has 1 N–H and O–H groups in total. The molecule has 4 aliphatic rings. The molecule has 2 saturated heterocycles. The Morgan fingerprint density at radius 3 is 2.48 bits per heavy atom. The minimum atomic E-state index is -0.498. The topological polar surface area (TPSA) is 50.8 Å². The normalized spacial score (nSPS) is 32.4. The Kier molecular flexibility index (Phi) is 4.04. The number of nitrogens with one attached hydrogen (secondary N) is 1. The van der Waals surface area contributed by atoms with E-state index in [-0.39, 0.29) is 11.9 Å². The molecule has 0 spiro atoms. The third-order valence-electron chi connectivity index (χ3n) is 6.70. The highest BCUT2D eigenvalue weighted by atomic mass is 16.7. The van der Waals surface area contributed by atoms with E-state index >= 15 is 0 Å². The van der Waals surface area contributed by atoms with Crippen molar-refractivity contribution in [3.8, 4) is 0 Å². The fraction of sp³-hybridized carbons (Fsp3) is 0.944. The molecule has 1 atom stereocenters. The van der Waals surface area contributed by atoms with E-state index < -0.39 is 5.79 Å². The summed E-state index contributed by atoms with van der Waals surface area (Å²) in [4.78, 5) is 14.6. The van der Waals surface area contributed by atoms with Gasteiger partial charge in [0.1, 0.15) is 0 Å². The van der Waals surface area contributed by atoms with Crippen molar-refractivity contribution in [2.24, 2.45) is 17.3 Å². The minimum Gasteiger partial charge on any atom is -0.347 e. The number of piperidine rings is 1. The zero-order chi connectivity index (χ0) is 15.9. The number of carbonyl (C=O) groups excluding carboxylic acids is 1. The zero-order valence-corrected chi connectivity index (χ0v) is 14.3. The van der Waals surface area contributed by atoms with Gasteiger partial charge in [-0.25, -0.2) is 4.79 Å². The van der Waals surface area contributed by atoms with Gasteiger partial charge in [-0.05, 0) is 56.8 Å². The molecular weight excluding hydrogens is 292 g/mol. The number of hydrogen-bond acceptors (Lipinski definition) is 3. The first kappa shape index (κ1) is 15.7. The Bertz CT molecular complexity index is 453. The molecular formula is C18H30N2O3. The Morgan fingerprint density at radius 1 is 1.13 bits per heavy atom. The van der Waals surface area contributed by atoms with Crippen molar-refractivity contribution < 1.29 is 14.3 Å². The quantitative estimate of drug-likeness (QED) is 0.866. The van der Waals surface area contributed by atoms with E-state index in [9.17, 15) is 4.79 Å². The molecule has 0 radical (unpaired) electrons. The van der Waals surface area contributed by atoms with Gasteiger partial charge in [0, 0.05) is 25.6 Å². The first-order valence-electron chi connectivity index (χ1n) is 9.42. The minimum absolute atomic E-state index is 0.114. The van der Waals surface area contributed by atoms with Crippen molar-refractivity contribution in [3.63, 3.8) is 0 Å². The van der Waals surface area contributed by atoms with E-state index in [4.69, 9.17) is 9.47 Å². The smallest absolute Gasteiger partial charge is 0.317 e. The monoisotopic (exact) mass is 322 g/mol. The molecule has 4 rings (SSSR count). The number of amides is 2. The van der Waals surface area contributed by atoms with Crippen LogP contribution in [0.1, 0.15) is 51.9 Å². The first-order chi connectivity index (χ1) is 11.1. The third-order valence-corrected chi connectivity index (χ3v) is 6.70. The lowest BCUT2D eigenvalue weighted by Gasteiger charge is -2.44. The van der Waals surface area contributed by atoms with Crippen molar-refractivity contribution in [1.29, 1.82) is 0 Å².